The normalized spacial score (nSPS) is 25.8. The number of hydrogen-bond acceptors (Lipinski definition) is 2. The zero-order chi connectivity index (χ0) is 14.6. The van der Waals surface area contributed by atoms with Gasteiger partial charge in [-0.2, -0.15) is 0 Å². The lowest BCUT2D eigenvalue weighted by Gasteiger charge is -2.32. The summed E-state index contributed by atoms with van der Waals surface area (Å²) >= 11 is 0. The maximum atomic E-state index is 12.4. The Kier molecular flexibility index (Phi) is 4.81. The smallest absolute Gasteiger partial charge is 0.244 e. The van der Waals surface area contributed by atoms with Gasteiger partial charge in [0.25, 0.3) is 0 Å². The molecule has 1 aliphatic carbocycles. The third-order valence-electron chi connectivity index (χ3n) is 4.60. The quantitative estimate of drug-likeness (QED) is 0.887. The van der Waals surface area contributed by atoms with Gasteiger partial charge in [-0.05, 0) is 44.1 Å². The molecule has 0 radical (unpaired) electrons. The second kappa shape index (κ2) is 6.40. The highest BCUT2D eigenvalue weighted by Crippen LogP contribution is 2.27. The molecule has 110 valence electrons. The van der Waals surface area contributed by atoms with Gasteiger partial charge < -0.3 is 11.1 Å². The van der Waals surface area contributed by atoms with Gasteiger partial charge >= 0.3 is 0 Å². The van der Waals surface area contributed by atoms with Crippen molar-refractivity contribution in [2.24, 2.45) is 11.7 Å². The lowest BCUT2D eigenvalue weighted by Crippen LogP contribution is -2.52. The van der Waals surface area contributed by atoms with Crippen LogP contribution in [0.5, 0.6) is 0 Å². The monoisotopic (exact) mass is 274 g/mol. The molecule has 0 heterocycles. The molecule has 3 N–H and O–H groups in total. The Morgan fingerprint density at radius 1 is 1.25 bits per heavy atom. The van der Waals surface area contributed by atoms with Crippen LogP contribution in [0.25, 0.3) is 0 Å². The first kappa shape index (κ1) is 15.0. The van der Waals surface area contributed by atoms with Gasteiger partial charge in [-0.15, -0.1) is 0 Å². The summed E-state index contributed by atoms with van der Waals surface area (Å²) in [5.74, 6) is 0.769. The fourth-order valence-corrected chi connectivity index (χ4v) is 2.97. The maximum absolute atomic E-state index is 12.4. The minimum atomic E-state index is -0.955. The van der Waals surface area contributed by atoms with Crippen molar-refractivity contribution in [3.05, 3.63) is 35.9 Å². The van der Waals surface area contributed by atoms with E-state index < -0.39 is 5.54 Å². The minimum Gasteiger partial charge on any atom is -0.351 e. The Morgan fingerprint density at radius 3 is 2.40 bits per heavy atom. The van der Waals surface area contributed by atoms with Crippen LogP contribution in [0.1, 0.15) is 51.5 Å². The first-order valence-electron chi connectivity index (χ1n) is 7.69. The van der Waals surface area contributed by atoms with Crippen LogP contribution >= 0.6 is 0 Å². The maximum Gasteiger partial charge on any atom is 0.244 e. The standard InChI is InChI=1S/C17H26N2O/c1-3-13-9-11-15(12-10-13)19-16(20)17(2,18)14-7-5-4-6-8-14/h4-8,13,15H,3,9-12,18H2,1-2H3,(H,19,20). The summed E-state index contributed by atoms with van der Waals surface area (Å²) in [7, 11) is 0. The Balaban J connectivity index is 1.95. The van der Waals surface area contributed by atoms with E-state index in [-0.39, 0.29) is 11.9 Å². The van der Waals surface area contributed by atoms with E-state index in [1.54, 1.807) is 6.92 Å². The Bertz CT molecular complexity index is 434. The number of carbonyl (C=O) groups excluding carboxylic acids is 1. The summed E-state index contributed by atoms with van der Waals surface area (Å²) in [6, 6.07) is 9.88. The van der Waals surface area contributed by atoms with Crippen LogP contribution in [0.3, 0.4) is 0 Å². The summed E-state index contributed by atoms with van der Waals surface area (Å²) in [5, 5.41) is 3.14. The fraction of sp³-hybridized carbons (Fsp3) is 0.588. The zero-order valence-corrected chi connectivity index (χ0v) is 12.6. The fourth-order valence-electron chi connectivity index (χ4n) is 2.97. The van der Waals surface area contributed by atoms with Crippen molar-refractivity contribution in [3.63, 3.8) is 0 Å². The zero-order valence-electron chi connectivity index (χ0n) is 12.6. The van der Waals surface area contributed by atoms with Crippen LogP contribution < -0.4 is 11.1 Å². The highest BCUT2D eigenvalue weighted by molar-refractivity contribution is 5.87. The second-order valence-electron chi connectivity index (χ2n) is 6.17. The van der Waals surface area contributed by atoms with E-state index in [0.717, 1.165) is 24.3 Å². The van der Waals surface area contributed by atoms with Crippen molar-refractivity contribution in [2.75, 3.05) is 0 Å². The number of carbonyl (C=O) groups is 1. The molecule has 1 aromatic carbocycles. The molecule has 0 bridgehead atoms. The van der Waals surface area contributed by atoms with E-state index in [9.17, 15) is 4.79 Å². The highest BCUT2D eigenvalue weighted by atomic mass is 16.2. The molecule has 0 spiro atoms. The molecule has 1 saturated carbocycles. The molecule has 3 heteroatoms. The van der Waals surface area contributed by atoms with E-state index in [0.29, 0.717) is 0 Å². The van der Waals surface area contributed by atoms with Gasteiger partial charge in [0.15, 0.2) is 0 Å². The predicted octanol–water partition coefficient (Wildman–Crippen LogP) is 2.95. The number of nitrogens with two attached hydrogens (primary N) is 1. The Hall–Kier alpha value is -1.35. The van der Waals surface area contributed by atoms with Crippen molar-refractivity contribution in [1.82, 2.24) is 5.32 Å². The summed E-state index contributed by atoms with van der Waals surface area (Å²) < 4.78 is 0. The van der Waals surface area contributed by atoms with Gasteiger partial charge in [0, 0.05) is 6.04 Å². The highest BCUT2D eigenvalue weighted by Gasteiger charge is 2.32. The summed E-state index contributed by atoms with van der Waals surface area (Å²) in [6.07, 6.45) is 5.84. The molecule has 1 aromatic rings. The average Bonchev–Trinajstić information content (AvgIpc) is 2.49. The largest absolute Gasteiger partial charge is 0.351 e. The average molecular weight is 274 g/mol. The van der Waals surface area contributed by atoms with Gasteiger partial charge in [-0.25, -0.2) is 0 Å². The summed E-state index contributed by atoms with van der Waals surface area (Å²) in [4.78, 5) is 12.4. The number of amides is 1. The molecule has 1 unspecified atom stereocenters. The molecule has 3 nitrogen and oxygen atoms in total. The third kappa shape index (κ3) is 3.40. The molecule has 1 aliphatic rings. The van der Waals surface area contributed by atoms with E-state index >= 15 is 0 Å². The van der Waals surface area contributed by atoms with E-state index in [4.69, 9.17) is 5.73 Å². The van der Waals surface area contributed by atoms with Crippen LogP contribution in [0, 0.1) is 5.92 Å². The molecular weight excluding hydrogens is 248 g/mol. The molecule has 0 aromatic heterocycles. The first-order valence-corrected chi connectivity index (χ1v) is 7.69. The van der Waals surface area contributed by atoms with Gasteiger partial charge in [0.1, 0.15) is 5.54 Å². The molecule has 2 rings (SSSR count). The SMILES string of the molecule is CCC1CCC(NC(=O)C(C)(N)c2ccccc2)CC1. The van der Waals surface area contributed by atoms with Crippen LogP contribution in [0.15, 0.2) is 30.3 Å². The van der Waals surface area contributed by atoms with Crippen LogP contribution in [0.4, 0.5) is 0 Å². The van der Waals surface area contributed by atoms with E-state index in [1.807, 2.05) is 30.3 Å². The van der Waals surface area contributed by atoms with Crippen molar-refractivity contribution >= 4 is 5.91 Å². The Labute approximate surface area is 121 Å². The minimum absolute atomic E-state index is 0.0661. The first-order chi connectivity index (χ1) is 9.54. The van der Waals surface area contributed by atoms with Crippen LogP contribution in [-0.4, -0.2) is 11.9 Å². The summed E-state index contributed by atoms with van der Waals surface area (Å²) in [6.45, 7) is 4.03. The number of hydrogen-bond donors (Lipinski definition) is 2. The van der Waals surface area contributed by atoms with Gasteiger partial charge in [0.05, 0.1) is 0 Å². The van der Waals surface area contributed by atoms with Crippen molar-refractivity contribution in [1.29, 1.82) is 0 Å². The summed E-state index contributed by atoms with van der Waals surface area (Å²) in [5.41, 5.74) is 6.15. The molecular formula is C17H26N2O. The van der Waals surface area contributed by atoms with Crippen molar-refractivity contribution < 1.29 is 4.79 Å². The third-order valence-corrected chi connectivity index (χ3v) is 4.60. The topological polar surface area (TPSA) is 55.1 Å². The van der Waals surface area contributed by atoms with Gasteiger partial charge in [0.2, 0.25) is 5.91 Å². The predicted molar refractivity (Wildman–Crippen MR) is 82.2 cm³/mol. The molecule has 1 fully saturated rings. The van der Waals surface area contributed by atoms with E-state index in [1.165, 1.54) is 19.3 Å². The van der Waals surface area contributed by atoms with Gasteiger partial charge in [-0.3, -0.25) is 4.79 Å². The number of nitrogens with one attached hydrogen (secondary N) is 1. The number of benzene rings is 1. The number of rotatable bonds is 4. The lowest BCUT2D eigenvalue weighted by atomic mass is 9.84. The van der Waals surface area contributed by atoms with Crippen LogP contribution in [-0.2, 0) is 10.3 Å². The second-order valence-corrected chi connectivity index (χ2v) is 6.17. The van der Waals surface area contributed by atoms with Crippen molar-refractivity contribution in [2.45, 2.75) is 57.5 Å². The molecule has 1 atom stereocenters. The van der Waals surface area contributed by atoms with Crippen molar-refractivity contribution in [3.8, 4) is 0 Å². The molecule has 20 heavy (non-hydrogen) atoms. The molecule has 0 aliphatic heterocycles. The molecule has 1 amide bonds. The van der Waals surface area contributed by atoms with E-state index in [2.05, 4.69) is 12.2 Å². The molecule has 0 saturated heterocycles. The van der Waals surface area contributed by atoms with Gasteiger partial charge in [-0.1, -0.05) is 43.7 Å². The Morgan fingerprint density at radius 2 is 1.85 bits per heavy atom. The lowest BCUT2D eigenvalue weighted by molar-refractivity contribution is -0.127. The van der Waals surface area contributed by atoms with Crippen LogP contribution in [0.2, 0.25) is 0 Å².